The summed E-state index contributed by atoms with van der Waals surface area (Å²) in [4.78, 5) is 7.94. The van der Waals surface area contributed by atoms with E-state index in [1.165, 1.54) is 0 Å². The highest BCUT2D eigenvalue weighted by Crippen LogP contribution is 2.44. The predicted octanol–water partition coefficient (Wildman–Crippen LogP) is 1.61. The third-order valence-corrected chi connectivity index (χ3v) is 4.86. The van der Waals surface area contributed by atoms with Crippen molar-refractivity contribution in [2.45, 2.75) is 38.5 Å². The maximum atomic E-state index is 11.0. The fourth-order valence-corrected chi connectivity index (χ4v) is 3.53. The number of hydrogen-bond donors (Lipinski definition) is 1. The van der Waals surface area contributed by atoms with Gasteiger partial charge in [-0.15, -0.1) is 4.99 Å². The van der Waals surface area contributed by atoms with Crippen LogP contribution in [0.5, 0.6) is 5.75 Å². The van der Waals surface area contributed by atoms with Gasteiger partial charge in [0.2, 0.25) is 12.2 Å². The van der Waals surface area contributed by atoms with E-state index in [9.17, 15) is 10.4 Å². The second-order valence-corrected chi connectivity index (χ2v) is 6.74. The first-order valence-electron chi connectivity index (χ1n) is 8.32. The molecule has 2 atom stereocenters. The molecule has 1 N–H and O–H groups in total. The summed E-state index contributed by atoms with van der Waals surface area (Å²) in [5, 5.41) is 29.3. The Kier molecular flexibility index (Phi) is 4.28. The van der Waals surface area contributed by atoms with Crippen LogP contribution in [0.25, 0.3) is 0 Å². The van der Waals surface area contributed by atoms with Gasteiger partial charge in [0, 0.05) is 25.2 Å². The van der Waals surface area contributed by atoms with Gasteiger partial charge in [-0.05, 0) is 39.0 Å². The molecule has 0 amide bonds. The van der Waals surface area contributed by atoms with Gasteiger partial charge in [0.1, 0.15) is 17.5 Å². The monoisotopic (exact) mass is 339 g/mol. The first kappa shape index (κ1) is 17.1. The Hall–Kier alpha value is -2.77. The van der Waals surface area contributed by atoms with Gasteiger partial charge in [-0.25, -0.2) is 0 Å². The summed E-state index contributed by atoms with van der Waals surface area (Å²) >= 11 is 0. The van der Waals surface area contributed by atoms with Crippen molar-refractivity contribution >= 4 is 5.96 Å². The Morgan fingerprint density at radius 2 is 2.12 bits per heavy atom. The predicted molar refractivity (Wildman–Crippen MR) is 91.6 cm³/mol. The number of rotatable bonds is 2. The number of likely N-dealkylation sites (N-methyl/N-ethyl adjacent to an activating group) is 1. The van der Waals surface area contributed by atoms with Gasteiger partial charge in [-0.3, -0.25) is 0 Å². The van der Waals surface area contributed by atoms with Crippen molar-refractivity contribution in [2.24, 2.45) is 4.99 Å². The number of nitrogens with zero attached hydrogens (tertiary/aromatic N) is 5. The third-order valence-electron chi connectivity index (χ3n) is 4.86. The standard InChI is InChI=1S/C18H21N5O2/c1-4-22-7-8-23(17(22)21-11-20)15-13-9-12(10-19)5-6-14(13)25-18(2,3)16(15)24/h5-6,9,15-16,24H,4,7-8H2,1-3H3/t15-,16+/m0/s1. The lowest BCUT2D eigenvalue weighted by Crippen LogP contribution is -2.54. The number of guanidine groups is 1. The smallest absolute Gasteiger partial charge is 0.213 e. The summed E-state index contributed by atoms with van der Waals surface area (Å²) in [5.41, 5.74) is 0.447. The lowest BCUT2D eigenvalue weighted by molar-refractivity contribution is -0.0801. The molecule has 7 heteroatoms. The molecule has 1 aromatic carbocycles. The number of benzene rings is 1. The molecule has 0 bridgehead atoms. The lowest BCUT2D eigenvalue weighted by atomic mass is 9.85. The molecule has 0 saturated carbocycles. The van der Waals surface area contributed by atoms with Crippen molar-refractivity contribution in [2.75, 3.05) is 19.6 Å². The highest BCUT2D eigenvalue weighted by Gasteiger charge is 2.48. The van der Waals surface area contributed by atoms with Crippen molar-refractivity contribution in [3.8, 4) is 18.0 Å². The maximum absolute atomic E-state index is 11.0. The van der Waals surface area contributed by atoms with Crippen LogP contribution >= 0.6 is 0 Å². The number of ether oxygens (including phenoxy) is 1. The molecule has 2 heterocycles. The SMILES string of the molecule is CCN1CCN([C@H]2c3cc(C#N)ccc3OC(C)(C)[C@@H]2O)C1=NC#N. The minimum absolute atomic E-state index is 0.435. The summed E-state index contributed by atoms with van der Waals surface area (Å²) in [7, 11) is 0. The van der Waals surface area contributed by atoms with Crippen molar-refractivity contribution in [1.82, 2.24) is 9.80 Å². The Balaban J connectivity index is 2.13. The molecule has 7 nitrogen and oxygen atoms in total. The summed E-state index contributed by atoms with van der Waals surface area (Å²) in [6.07, 6.45) is 1.03. The van der Waals surface area contributed by atoms with Gasteiger partial charge in [0.15, 0.2) is 0 Å². The molecule has 2 aliphatic rings. The molecule has 1 saturated heterocycles. The molecule has 1 fully saturated rings. The molecule has 0 aliphatic carbocycles. The molecular formula is C18H21N5O2. The average Bonchev–Trinajstić information content (AvgIpc) is 2.98. The number of aliphatic imine (C=N–C) groups is 1. The van der Waals surface area contributed by atoms with Crippen LogP contribution in [0.3, 0.4) is 0 Å². The summed E-state index contributed by atoms with van der Waals surface area (Å²) < 4.78 is 5.96. The van der Waals surface area contributed by atoms with E-state index in [0.29, 0.717) is 23.8 Å². The Morgan fingerprint density at radius 3 is 2.76 bits per heavy atom. The molecule has 2 aliphatic heterocycles. The molecule has 130 valence electrons. The van der Waals surface area contributed by atoms with Gasteiger partial charge in [0.05, 0.1) is 17.7 Å². The zero-order valence-electron chi connectivity index (χ0n) is 14.6. The second kappa shape index (κ2) is 6.27. The summed E-state index contributed by atoms with van der Waals surface area (Å²) in [6, 6.07) is 6.92. The van der Waals surface area contributed by atoms with Crippen LogP contribution in [0.2, 0.25) is 0 Å². The largest absolute Gasteiger partial charge is 0.485 e. The Bertz CT molecular complexity index is 790. The number of nitriles is 2. The minimum Gasteiger partial charge on any atom is -0.485 e. The fourth-order valence-electron chi connectivity index (χ4n) is 3.53. The van der Waals surface area contributed by atoms with Crippen LogP contribution in [0, 0.1) is 22.8 Å². The van der Waals surface area contributed by atoms with E-state index in [1.54, 1.807) is 18.2 Å². The highest BCUT2D eigenvalue weighted by molar-refractivity contribution is 5.83. The van der Waals surface area contributed by atoms with Crippen LogP contribution in [0.1, 0.15) is 37.9 Å². The average molecular weight is 339 g/mol. The van der Waals surface area contributed by atoms with Crippen LogP contribution < -0.4 is 4.74 Å². The molecule has 0 unspecified atom stereocenters. The zero-order chi connectivity index (χ0) is 18.2. The Labute approximate surface area is 147 Å². The molecule has 25 heavy (non-hydrogen) atoms. The molecular weight excluding hydrogens is 318 g/mol. The second-order valence-electron chi connectivity index (χ2n) is 6.74. The summed E-state index contributed by atoms with van der Waals surface area (Å²) in [5.74, 6) is 1.20. The van der Waals surface area contributed by atoms with Crippen molar-refractivity contribution < 1.29 is 9.84 Å². The van der Waals surface area contributed by atoms with E-state index in [-0.39, 0.29) is 0 Å². The van der Waals surface area contributed by atoms with Gasteiger partial charge in [-0.1, -0.05) is 0 Å². The van der Waals surface area contributed by atoms with Gasteiger partial charge in [0.25, 0.3) is 0 Å². The van der Waals surface area contributed by atoms with Gasteiger partial charge < -0.3 is 19.6 Å². The molecule has 0 aromatic heterocycles. The third kappa shape index (κ3) is 2.77. The molecule has 0 radical (unpaired) electrons. The van der Waals surface area contributed by atoms with Crippen molar-refractivity contribution in [3.05, 3.63) is 29.3 Å². The van der Waals surface area contributed by atoms with E-state index >= 15 is 0 Å². The summed E-state index contributed by atoms with van der Waals surface area (Å²) in [6.45, 7) is 7.77. The van der Waals surface area contributed by atoms with Crippen LogP contribution in [0.4, 0.5) is 0 Å². The lowest BCUT2D eigenvalue weighted by Gasteiger charge is -2.45. The zero-order valence-corrected chi connectivity index (χ0v) is 14.6. The number of hydrogen-bond acceptors (Lipinski definition) is 5. The van der Waals surface area contributed by atoms with E-state index in [1.807, 2.05) is 36.8 Å². The van der Waals surface area contributed by atoms with Crippen molar-refractivity contribution in [3.63, 3.8) is 0 Å². The Morgan fingerprint density at radius 1 is 1.36 bits per heavy atom. The maximum Gasteiger partial charge on any atom is 0.213 e. The van der Waals surface area contributed by atoms with Crippen LogP contribution in [-0.2, 0) is 0 Å². The number of aliphatic hydroxyl groups is 1. The van der Waals surface area contributed by atoms with E-state index in [2.05, 4.69) is 11.1 Å². The first-order valence-corrected chi connectivity index (χ1v) is 8.32. The quantitative estimate of drug-likeness (QED) is 0.822. The first-order chi connectivity index (χ1) is 11.9. The fraction of sp³-hybridized carbons (Fsp3) is 0.500. The van der Waals surface area contributed by atoms with Crippen molar-refractivity contribution in [1.29, 1.82) is 10.5 Å². The molecule has 1 aromatic rings. The van der Waals surface area contributed by atoms with Crippen LogP contribution in [0.15, 0.2) is 23.2 Å². The van der Waals surface area contributed by atoms with E-state index in [0.717, 1.165) is 18.7 Å². The van der Waals surface area contributed by atoms with E-state index < -0.39 is 17.7 Å². The number of aliphatic hydroxyl groups excluding tert-OH is 1. The van der Waals surface area contributed by atoms with Gasteiger partial charge >= 0.3 is 0 Å². The van der Waals surface area contributed by atoms with Crippen LogP contribution in [-0.4, -0.2) is 52.2 Å². The normalized spacial score (nSPS) is 25.9. The molecule has 0 spiro atoms. The minimum atomic E-state index is -0.838. The number of fused-ring (bicyclic) bond motifs is 1. The van der Waals surface area contributed by atoms with Gasteiger partial charge in [-0.2, -0.15) is 10.5 Å². The van der Waals surface area contributed by atoms with E-state index in [4.69, 9.17) is 10.00 Å². The topological polar surface area (TPSA) is 95.9 Å². The molecule has 3 rings (SSSR count). The highest BCUT2D eigenvalue weighted by atomic mass is 16.5.